The Morgan fingerprint density at radius 3 is 2.46 bits per heavy atom. The summed E-state index contributed by atoms with van der Waals surface area (Å²) < 4.78 is 5.64. The molecule has 208 valence electrons. The van der Waals surface area contributed by atoms with Crippen LogP contribution in [0.4, 0.5) is 9.93 Å². The van der Waals surface area contributed by atoms with Crippen molar-refractivity contribution in [1.82, 2.24) is 20.2 Å². The van der Waals surface area contributed by atoms with Crippen molar-refractivity contribution in [3.8, 4) is 11.3 Å². The van der Waals surface area contributed by atoms with Crippen LogP contribution in [0.15, 0.2) is 84.5 Å². The highest BCUT2D eigenvalue weighted by Crippen LogP contribution is 2.42. The second kappa shape index (κ2) is 12.1. The van der Waals surface area contributed by atoms with Crippen LogP contribution in [0.1, 0.15) is 39.7 Å². The van der Waals surface area contributed by atoms with E-state index in [4.69, 9.17) is 4.74 Å². The van der Waals surface area contributed by atoms with Crippen LogP contribution in [0.25, 0.3) is 11.3 Å². The van der Waals surface area contributed by atoms with Gasteiger partial charge < -0.3 is 15.4 Å². The summed E-state index contributed by atoms with van der Waals surface area (Å²) in [4.78, 5) is 49.3. The van der Waals surface area contributed by atoms with E-state index in [0.29, 0.717) is 28.2 Å². The Balaban J connectivity index is 1.14. The molecule has 2 aliphatic rings. The molecule has 1 aliphatic heterocycles. The minimum absolute atomic E-state index is 0.0726. The van der Waals surface area contributed by atoms with Gasteiger partial charge in [-0.2, -0.15) is 0 Å². The van der Waals surface area contributed by atoms with Crippen LogP contribution < -0.4 is 10.6 Å². The number of benzene rings is 2. The topological polar surface area (TPSA) is 114 Å². The molecule has 2 fully saturated rings. The Bertz CT molecular complexity index is 1530. The highest BCUT2D eigenvalue weighted by Gasteiger charge is 2.43. The third-order valence-corrected chi connectivity index (χ3v) is 8.88. The van der Waals surface area contributed by atoms with Gasteiger partial charge in [0, 0.05) is 40.7 Å². The molecular weight excluding hydrogens is 558 g/mol. The summed E-state index contributed by atoms with van der Waals surface area (Å²) in [6.45, 7) is 0.106. The fraction of sp³-hybridized carbons (Fsp3) is 0.233. The van der Waals surface area contributed by atoms with Crippen molar-refractivity contribution in [1.29, 1.82) is 0 Å². The van der Waals surface area contributed by atoms with Crippen molar-refractivity contribution < 1.29 is 19.1 Å². The van der Waals surface area contributed by atoms with E-state index >= 15 is 0 Å². The Morgan fingerprint density at radius 2 is 1.73 bits per heavy atom. The van der Waals surface area contributed by atoms with E-state index in [2.05, 4.69) is 20.6 Å². The van der Waals surface area contributed by atoms with Crippen LogP contribution in [-0.2, 0) is 16.1 Å². The second-order valence-electron chi connectivity index (χ2n) is 9.78. The molecule has 0 spiro atoms. The average molecular weight is 586 g/mol. The van der Waals surface area contributed by atoms with Gasteiger partial charge in [0.2, 0.25) is 5.91 Å². The Hall–Kier alpha value is -4.22. The van der Waals surface area contributed by atoms with E-state index in [-0.39, 0.29) is 23.8 Å². The highest BCUT2D eigenvalue weighted by atomic mass is 32.2. The summed E-state index contributed by atoms with van der Waals surface area (Å²) in [6.07, 6.45) is 4.84. The van der Waals surface area contributed by atoms with Gasteiger partial charge in [0.05, 0.1) is 5.69 Å². The minimum atomic E-state index is -0.752. The molecule has 3 amide bonds. The molecule has 0 radical (unpaired) electrons. The minimum Gasteiger partial charge on any atom is -0.444 e. The molecule has 0 bridgehead atoms. The van der Waals surface area contributed by atoms with E-state index in [1.807, 2.05) is 60.0 Å². The molecule has 1 saturated carbocycles. The standard InChI is InChI=1S/C30H27N5O4S2/c36-26(32-23-10-11-23)21-8-6-20(7-9-21)24-17-41-29(33-24)34-27(37)25-18-40-28(22-12-14-31-15-13-22)35(25)30(38)39-16-19-4-2-1-3-5-19/h1-9,12-15,17,23,25,28H,10-11,16,18H2,(H,32,36)(H,33,34,37). The van der Waals surface area contributed by atoms with Crippen LogP contribution in [0.3, 0.4) is 0 Å². The van der Waals surface area contributed by atoms with Gasteiger partial charge in [0.1, 0.15) is 18.0 Å². The lowest BCUT2D eigenvalue weighted by molar-refractivity contribution is -0.120. The van der Waals surface area contributed by atoms with E-state index in [0.717, 1.165) is 29.5 Å². The number of thiazole rings is 1. The summed E-state index contributed by atoms with van der Waals surface area (Å²) in [5.41, 5.74) is 3.86. The molecule has 1 saturated heterocycles. The number of hydrogen-bond donors (Lipinski definition) is 2. The lowest BCUT2D eigenvalue weighted by Crippen LogP contribution is -2.45. The number of carbonyl (C=O) groups excluding carboxylic acids is 3. The van der Waals surface area contributed by atoms with Crippen LogP contribution >= 0.6 is 23.1 Å². The number of carbonyl (C=O) groups is 3. The number of aromatic nitrogens is 2. The maximum absolute atomic E-state index is 13.5. The Kier molecular flexibility index (Phi) is 7.97. The molecule has 2 unspecified atom stereocenters. The predicted octanol–water partition coefficient (Wildman–Crippen LogP) is 5.49. The molecule has 2 aromatic carbocycles. The van der Waals surface area contributed by atoms with Crippen LogP contribution in [-0.4, -0.2) is 50.6 Å². The lowest BCUT2D eigenvalue weighted by atomic mass is 10.1. The van der Waals surface area contributed by atoms with Gasteiger partial charge in [-0.1, -0.05) is 42.5 Å². The third-order valence-electron chi connectivity index (χ3n) is 6.80. The zero-order valence-electron chi connectivity index (χ0n) is 21.9. The fourth-order valence-electron chi connectivity index (χ4n) is 4.45. The molecule has 11 heteroatoms. The summed E-state index contributed by atoms with van der Waals surface area (Å²) in [5.74, 6) is -0.00245. The number of amides is 3. The first-order chi connectivity index (χ1) is 20.0. The number of nitrogens with one attached hydrogen (secondary N) is 2. The molecular formula is C30H27N5O4S2. The predicted molar refractivity (Wildman–Crippen MR) is 158 cm³/mol. The van der Waals surface area contributed by atoms with Crippen molar-refractivity contribution in [2.75, 3.05) is 11.1 Å². The van der Waals surface area contributed by atoms with Crippen LogP contribution in [0.2, 0.25) is 0 Å². The van der Waals surface area contributed by atoms with Gasteiger partial charge in [0.25, 0.3) is 5.91 Å². The van der Waals surface area contributed by atoms with E-state index in [1.165, 1.54) is 28.0 Å². The van der Waals surface area contributed by atoms with Gasteiger partial charge in [-0.15, -0.1) is 23.1 Å². The van der Waals surface area contributed by atoms with Crippen molar-refractivity contribution in [3.63, 3.8) is 0 Å². The smallest absolute Gasteiger partial charge is 0.412 e. The summed E-state index contributed by atoms with van der Waals surface area (Å²) in [5, 5.41) is 7.76. The van der Waals surface area contributed by atoms with Gasteiger partial charge >= 0.3 is 6.09 Å². The van der Waals surface area contributed by atoms with Gasteiger partial charge in [-0.05, 0) is 48.2 Å². The first-order valence-electron chi connectivity index (χ1n) is 13.2. The van der Waals surface area contributed by atoms with Gasteiger partial charge in [-0.25, -0.2) is 9.78 Å². The molecule has 2 atom stereocenters. The number of nitrogens with zero attached hydrogens (tertiary/aromatic N) is 3. The normalized spacial score (nSPS) is 18.1. The second-order valence-corrected chi connectivity index (χ2v) is 11.8. The monoisotopic (exact) mass is 585 g/mol. The summed E-state index contributed by atoms with van der Waals surface area (Å²) >= 11 is 2.80. The maximum Gasteiger partial charge on any atom is 0.412 e. The number of hydrogen-bond acceptors (Lipinski definition) is 8. The van der Waals surface area contributed by atoms with Gasteiger partial charge in [0.15, 0.2) is 5.13 Å². The zero-order valence-corrected chi connectivity index (χ0v) is 23.6. The first-order valence-corrected chi connectivity index (χ1v) is 15.2. The molecule has 1 aliphatic carbocycles. The SMILES string of the molecule is O=C(NC1CC1)c1ccc(-c2csc(NC(=O)C3CSC(c4ccncc4)N3C(=O)OCc3ccccc3)n2)cc1. The number of thioether (sulfide) groups is 1. The van der Waals surface area contributed by atoms with Crippen molar-refractivity contribution in [3.05, 3.63) is 101 Å². The third kappa shape index (κ3) is 6.41. The molecule has 2 aromatic heterocycles. The molecule has 4 aromatic rings. The van der Waals surface area contributed by atoms with Crippen molar-refractivity contribution in [2.45, 2.75) is 36.9 Å². The summed E-state index contributed by atoms with van der Waals surface area (Å²) in [6, 6.07) is 19.9. The maximum atomic E-state index is 13.5. The summed E-state index contributed by atoms with van der Waals surface area (Å²) in [7, 11) is 0. The molecule has 9 nitrogen and oxygen atoms in total. The highest BCUT2D eigenvalue weighted by molar-refractivity contribution is 7.99. The number of pyridine rings is 1. The van der Waals surface area contributed by atoms with Crippen molar-refractivity contribution in [2.24, 2.45) is 0 Å². The van der Waals surface area contributed by atoms with Crippen LogP contribution in [0.5, 0.6) is 0 Å². The van der Waals surface area contributed by atoms with Crippen molar-refractivity contribution >= 4 is 46.1 Å². The molecule has 6 rings (SSSR count). The quantitative estimate of drug-likeness (QED) is 0.281. The van der Waals surface area contributed by atoms with E-state index in [9.17, 15) is 14.4 Å². The Morgan fingerprint density at radius 1 is 0.976 bits per heavy atom. The largest absolute Gasteiger partial charge is 0.444 e. The molecule has 3 heterocycles. The average Bonchev–Trinajstić information content (AvgIpc) is 3.51. The molecule has 2 N–H and O–H groups in total. The van der Waals surface area contributed by atoms with Crippen LogP contribution in [0, 0.1) is 0 Å². The van der Waals surface area contributed by atoms with Gasteiger partial charge in [-0.3, -0.25) is 19.5 Å². The fourth-order valence-corrected chi connectivity index (χ4v) is 6.59. The molecule has 41 heavy (non-hydrogen) atoms. The van der Waals surface area contributed by atoms with E-state index in [1.54, 1.807) is 24.5 Å². The first kappa shape index (κ1) is 27.0. The number of rotatable bonds is 8. The Labute approximate surface area is 245 Å². The number of anilines is 1. The van der Waals surface area contributed by atoms with E-state index < -0.39 is 12.1 Å². The lowest BCUT2D eigenvalue weighted by Gasteiger charge is -2.28. The zero-order chi connectivity index (χ0) is 28.2. The number of ether oxygens (including phenoxy) is 1.